The van der Waals surface area contributed by atoms with Gasteiger partial charge in [-0.15, -0.1) is 0 Å². The number of primary amides is 1. The minimum absolute atomic E-state index is 0.278. The molecule has 0 spiro atoms. The molecule has 0 aliphatic heterocycles. The number of hydrogen-bond acceptors (Lipinski definition) is 3. The number of benzene rings is 1. The van der Waals surface area contributed by atoms with Gasteiger partial charge in [0.15, 0.2) is 0 Å². The van der Waals surface area contributed by atoms with Crippen molar-refractivity contribution in [3.8, 4) is 0 Å². The molecule has 0 heterocycles. The highest BCUT2D eigenvalue weighted by Crippen LogP contribution is 2.31. The summed E-state index contributed by atoms with van der Waals surface area (Å²) in [5.74, 6) is -1.75. The third kappa shape index (κ3) is 2.36. The topological polar surface area (TPSA) is 81.4 Å². The van der Waals surface area contributed by atoms with Crippen molar-refractivity contribution in [1.82, 2.24) is 5.32 Å². The molecule has 0 bridgehead atoms. The van der Waals surface area contributed by atoms with Crippen LogP contribution in [0.4, 0.5) is 0 Å². The number of carbonyl (C=O) groups excluding carboxylic acids is 2. The van der Waals surface area contributed by atoms with Crippen molar-refractivity contribution in [3.63, 3.8) is 0 Å². The predicted molar refractivity (Wildman–Crippen MR) is 65.8 cm³/mol. The van der Waals surface area contributed by atoms with Gasteiger partial charge in [0.25, 0.3) is 0 Å². The van der Waals surface area contributed by atoms with Gasteiger partial charge in [-0.3, -0.25) is 9.59 Å². The Bertz CT molecular complexity index is 460. The minimum Gasteiger partial charge on any atom is -0.376 e. The lowest BCUT2D eigenvalue weighted by Gasteiger charge is -2.27. The molecule has 0 radical (unpaired) electrons. The number of carbonyl (C=O) groups is 2. The van der Waals surface area contributed by atoms with Crippen LogP contribution in [0.15, 0.2) is 24.3 Å². The van der Waals surface area contributed by atoms with Crippen LogP contribution in [-0.4, -0.2) is 31.1 Å². The lowest BCUT2D eigenvalue weighted by molar-refractivity contribution is -0.138. The van der Waals surface area contributed by atoms with Gasteiger partial charge in [-0.05, 0) is 11.1 Å². The Morgan fingerprint density at radius 1 is 1.33 bits per heavy atom. The molecule has 0 atom stereocenters. The van der Waals surface area contributed by atoms with E-state index in [2.05, 4.69) is 5.32 Å². The van der Waals surface area contributed by atoms with Crippen LogP contribution in [0.1, 0.15) is 11.1 Å². The van der Waals surface area contributed by atoms with Crippen LogP contribution in [0.25, 0.3) is 0 Å². The van der Waals surface area contributed by atoms with Gasteiger partial charge in [0.2, 0.25) is 0 Å². The Labute approximate surface area is 105 Å². The summed E-state index contributed by atoms with van der Waals surface area (Å²) in [6, 6.07) is 8.05. The zero-order valence-electron chi connectivity index (χ0n) is 10.2. The Hall–Kier alpha value is -1.88. The number of amides is 2. The molecule has 1 aliphatic rings. The molecule has 5 nitrogen and oxygen atoms in total. The molecule has 3 N–H and O–H groups in total. The first-order chi connectivity index (χ1) is 8.56. The average molecular weight is 248 g/mol. The van der Waals surface area contributed by atoms with Crippen LogP contribution >= 0.6 is 0 Å². The molecule has 0 aromatic heterocycles. The Kier molecular flexibility index (Phi) is 3.34. The average Bonchev–Trinajstić information content (AvgIpc) is 2.75. The monoisotopic (exact) mass is 248 g/mol. The van der Waals surface area contributed by atoms with Gasteiger partial charge >= 0.3 is 11.8 Å². The number of nitrogens with one attached hydrogen (secondary N) is 1. The molecule has 18 heavy (non-hydrogen) atoms. The van der Waals surface area contributed by atoms with Crippen molar-refractivity contribution in [2.24, 2.45) is 5.73 Å². The van der Waals surface area contributed by atoms with Crippen molar-refractivity contribution < 1.29 is 14.3 Å². The first kappa shape index (κ1) is 12.6. The maximum atomic E-state index is 11.2. The maximum absolute atomic E-state index is 11.2. The van der Waals surface area contributed by atoms with Crippen LogP contribution in [0.5, 0.6) is 0 Å². The number of ether oxygens (including phenoxy) is 1. The van der Waals surface area contributed by atoms with E-state index in [0.29, 0.717) is 0 Å². The van der Waals surface area contributed by atoms with Crippen molar-refractivity contribution in [2.45, 2.75) is 18.4 Å². The lowest BCUT2D eigenvalue weighted by atomic mass is 10.00. The van der Waals surface area contributed by atoms with Crippen LogP contribution in [0.3, 0.4) is 0 Å². The summed E-state index contributed by atoms with van der Waals surface area (Å²) in [7, 11) is 1.61. The summed E-state index contributed by atoms with van der Waals surface area (Å²) >= 11 is 0. The van der Waals surface area contributed by atoms with E-state index in [0.717, 1.165) is 12.8 Å². The zero-order chi connectivity index (χ0) is 13.2. The summed E-state index contributed by atoms with van der Waals surface area (Å²) in [4.78, 5) is 21.9. The predicted octanol–water partition coefficient (Wildman–Crippen LogP) is -0.228. The molecular weight excluding hydrogens is 232 g/mol. The highest BCUT2D eigenvalue weighted by atomic mass is 16.5. The third-order valence-corrected chi connectivity index (χ3v) is 3.37. The van der Waals surface area contributed by atoms with E-state index in [4.69, 9.17) is 10.5 Å². The standard InChI is InChI=1S/C13H16N2O3/c1-18-13(8-15-12(17)11(14)16)6-9-4-2-3-5-10(9)7-13/h2-5H,6-8H2,1H3,(H2,14,16)(H,15,17). The molecule has 0 saturated carbocycles. The van der Waals surface area contributed by atoms with Crippen LogP contribution in [0.2, 0.25) is 0 Å². The molecule has 2 amide bonds. The number of methoxy groups -OCH3 is 1. The van der Waals surface area contributed by atoms with Crippen molar-refractivity contribution in [1.29, 1.82) is 0 Å². The molecule has 2 rings (SSSR count). The van der Waals surface area contributed by atoms with Crippen LogP contribution in [0, 0.1) is 0 Å². The number of rotatable bonds is 3. The number of nitrogens with two attached hydrogens (primary N) is 1. The fraction of sp³-hybridized carbons (Fsp3) is 0.385. The molecule has 0 saturated heterocycles. The fourth-order valence-electron chi connectivity index (χ4n) is 2.33. The summed E-state index contributed by atoms with van der Waals surface area (Å²) in [5, 5.41) is 2.51. The second-order valence-corrected chi connectivity index (χ2v) is 4.56. The van der Waals surface area contributed by atoms with E-state index >= 15 is 0 Å². The smallest absolute Gasteiger partial charge is 0.309 e. The first-order valence-corrected chi connectivity index (χ1v) is 5.76. The molecular formula is C13H16N2O3. The molecule has 0 fully saturated rings. The van der Waals surface area contributed by atoms with Crippen molar-refractivity contribution >= 4 is 11.8 Å². The molecule has 1 aromatic carbocycles. The van der Waals surface area contributed by atoms with Gasteiger partial charge in [-0.25, -0.2) is 0 Å². The Morgan fingerprint density at radius 3 is 2.33 bits per heavy atom. The zero-order valence-corrected chi connectivity index (χ0v) is 10.2. The number of hydrogen-bond donors (Lipinski definition) is 2. The van der Waals surface area contributed by atoms with E-state index in [1.54, 1.807) is 7.11 Å². The van der Waals surface area contributed by atoms with E-state index in [-0.39, 0.29) is 6.54 Å². The van der Waals surface area contributed by atoms with Crippen molar-refractivity contribution in [3.05, 3.63) is 35.4 Å². The minimum atomic E-state index is -0.975. The Balaban J connectivity index is 2.07. The number of fused-ring (bicyclic) bond motifs is 1. The van der Waals surface area contributed by atoms with E-state index in [1.165, 1.54) is 11.1 Å². The van der Waals surface area contributed by atoms with Gasteiger partial charge in [0, 0.05) is 26.5 Å². The fourth-order valence-corrected chi connectivity index (χ4v) is 2.33. The SMILES string of the molecule is COC1(CNC(=O)C(N)=O)Cc2ccccc2C1. The summed E-state index contributed by atoms with van der Waals surface area (Å²) in [6.07, 6.45) is 1.44. The highest BCUT2D eigenvalue weighted by Gasteiger charge is 2.37. The van der Waals surface area contributed by atoms with Gasteiger partial charge in [-0.1, -0.05) is 24.3 Å². The highest BCUT2D eigenvalue weighted by molar-refractivity contribution is 6.34. The van der Waals surface area contributed by atoms with Gasteiger partial charge < -0.3 is 15.8 Å². The summed E-state index contributed by atoms with van der Waals surface area (Å²) < 4.78 is 5.54. The molecule has 96 valence electrons. The molecule has 1 aliphatic carbocycles. The van der Waals surface area contributed by atoms with Gasteiger partial charge in [0.1, 0.15) is 0 Å². The second-order valence-electron chi connectivity index (χ2n) is 4.56. The van der Waals surface area contributed by atoms with Gasteiger partial charge in [0.05, 0.1) is 5.60 Å². The summed E-state index contributed by atoms with van der Waals surface area (Å²) in [5.41, 5.74) is 6.85. The third-order valence-electron chi connectivity index (χ3n) is 3.37. The van der Waals surface area contributed by atoms with Gasteiger partial charge in [-0.2, -0.15) is 0 Å². The molecule has 1 aromatic rings. The largest absolute Gasteiger partial charge is 0.376 e. The second kappa shape index (κ2) is 4.78. The van der Waals surface area contributed by atoms with Crippen LogP contribution in [-0.2, 0) is 27.2 Å². The van der Waals surface area contributed by atoms with E-state index in [1.807, 2.05) is 24.3 Å². The van der Waals surface area contributed by atoms with Crippen molar-refractivity contribution in [2.75, 3.05) is 13.7 Å². The van der Waals surface area contributed by atoms with Crippen LogP contribution < -0.4 is 11.1 Å². The maximum Gasteiger partial charge on any atom is 0.309 e. The lowest BCUT2D eigenvalue weighted by Crippen LogP contribution is -2.48. The molecule has 0 unspecified atom stereocenters. The quantitative estimate of drug-likeness (QED) is 0.725. The van der Waals surface area contributed by atoms with E-state index < -0.39 is 17.4 Å². The normalized spacial score (nSPS) is 16.1. The van der Waals surface area contributed by atoms with E-state index in [9.17, 15) is 9.59 Å². The summed E-state index contributed by atoms with van der Waals surface area (Å²) in [6.45, 7) is 0.278. The Morgan fingerprint density at radius 2 is 1.89 bits per heavy atom. The molecule has 5 heteroatoms. The first-order valence-electron chi connectivity index (χ1n) is 5.76.